The van der Waals surface area contributed by atoms with E-state index in [0.717, 1.165) is 79.7 Å². The van der Waals surface area contributed by atoms with Crippen molar-refractivity contribution < 1.29 is 18.3 Å². The van der Waals surface area contributed by atoms with Gasteiger partial charge in [0.25, 0.3) is 11.1 Å². The minimum Gasteiger partial charge on any atom is -0.464 e. The summed E-state index contributed by atoms with van der Waals surface area (Å²) in [5.41, 5.74) is 3.40. The maximum absolute atomic E-state index is 13.1. The molecule has 6 nitrogen and oxygen atoms in total. The highest BCUT2D eigenvalue weighted by molar-refractivity contribution is 7.13. The quantitative estimate of drug-likeness (QED) is 0.329. The van der Waals surface area contributed by atoms with Crippen molar-refractivity contribution in [1.29, 1.82) is 0 Å². The highest BCUT2D eigenvalue weighted by atomic mass is 32.1. The summed E-state index contributed by atoms with van der Waals surface area (Å²) >= 11 is 1.40. The van der Waals surface area contributed by atoms with Gasteiger partial charge < -0.3 is 9.14 Å². The van der Waals surface area contributed by atoms with Crippen molar-refractivity contribution >= 4 is 22.8 Å². The largest absolute Gasteiger partial charge is 0.464 e. The fourth-order valence-electron chi connectivity index (χ4n) is 5.48. The molecule has 2 aliphatic rings. The molecule has 0 aromatic carbocycles. The van der Waals surface area contributed by atoms with Crippen LogP contribution in [0, 0.1) is 18.8 Å². The highest BCUT2D eigenvalue weighted by Gasteiger charge is 2.27. The summed E-state index contributed by atoms with van der Waals surface area (Å²) in [6, 6.07) is 3.82. The number of hydrogen-bond donors (Lipinski definition) is 0. The van der Waals surface area contributed by atoms with Gasteiger partial charge in [0.15, 0.2) is 12.4 Å². The van der Waals surface area contributed by atoms with Crippen molar-refractivity contribution in [2.75, 3.05) is 19.7 Å². The van der Waals surface area contributed by atoms with E-state index in [0.29, 0.717) is 23.5 Å². The summed E-state index contributed by atoms with van der Waals surface area (Å²) in [7, 11) is 0. The molecule has 0 spiro atoms. The topological polar surface area (TPSA) is 59.7 Å². The Kier molecular flexibility index (Phi) is 7.40. The third-order valence-electron chi connectivity index (χ3n) is 7.43. The molecular formula is C27H34F2N4O2S. The molecule has 0 N–H and O–H groups in total. The monoisotopic (exact) mass is 516 g/mol. The van der Waals surface area contributed by atoms with E-state index in [9.17, 15) is 13.6 Å². The lowest BCUT2D eigenvalue weighted by atomic mass is 9.78. The molecule has 0 atom stereocenters. The van der Waals surface area contributed by atoms with Gasteiger partial charge in [-0.1, -0.05) is 24.2 Å². The SMILES string of the molecule is Cc1cn2cccc(C(=O)CC3CCC(CCN4CCc5sc(OCC(C)(F)F)nc5C4)CC3)c2n1. The zero-order valence-corrected chi connectivity index (χ0v) is 21.8. The van der Waals surface area contributed by atoms with Crippen molar-refractivity contribution in [2.24, 2.45) is 11.8 Å². The highest BCUT2D eigenvalue weighted by Crippen LogP contribution is 2.35. The molecule has 0 amide bonds. The number of ether oxygens (including phenoxy) is 1. The summed E-state index contributed by atoms with van der Waals surface area (Å²) in [5.74, 6) is -1.51. The molecule has 0 unspecified atom stereocenters. The van der Waals surface area contributed by atoms with Crippen molar-refractivity contribution in [3.63, 3.8) is 0 Å². The average Bonchev–Trinajstić information content (AvgIpc) is 3.43. The molecule has 5 rings (SSSR count). The summed E-state index contributed by atoms with van der Waals surface area (Å²) < 4.78 is 33.3. The van der Waals surface area contributed by atoms with E-state index >= 15 is 0 Å². The minimum absolute atomic E-state index is 0.202. The zero-order valence-electron chi connectivity index (χ0n) is 21.0. The van der Waals surface area contributed by atoms with Crippen LogP contribution in [0.4, 0.5) is 8.78 Å². The number of Topliss-reactive ketones (excluding diaryl/α,β-unsaturated/α-hetero) is 1. The smallest absolute Gasteiger partial charge is 0.278 e. The molecule has 1 aliphatic heterocycles. The number of hydrogen-bond acceptors (Lipinski definition) is 6. The second-order valence-electron chi connectivity index (χ2n) is 10.6. The van der Waals surface area contributed by atoms with Gasteiger partial charge in [-0.15, -0.1) is 0 Å². The number of pyridine rings is 1. The number of halogens is 2. The molecule has 9 heteroatoms. The minimum atomic E-state index is -2.85. The number of imidazole rings is 1. The van der Waals surface area contributed by atoms with E-state index < -0.39 is 12.5 Å². The molecule has 3 aromatic rings. The van der Waals surface area contributed by atoms with Gasteiger partial charge in [0.1, 0.15) is 5.65 Å². The predicted octanol–water partition coefficient (Wildman–Crippen LogP) is 5.96. The van der Waals surface area contributed by atoms with Gasteiger partial charge in [-0.2, -0.15) is 0 Å². The number of alkyl halides is 2. The first-order valence-corrected chi connectivity index (χ1v) is 13.7. The van der Waals surface area contributed by atoms with Crippen LogP contribution in [-0.2, 0) is 13.0 Å². The standard InChI is InChI=1S/C27H34F2N4O2S/c1-18-15-33-11-3-4-21(25(33)30-18)23(34)14-20-7-5-19(6-8-20)9-12-32-13-10-24-22(16-32)31-26(36-24)35-17-27(2,28)29/h3-4,11,15,19-20H,5-10,12-14,16-17H2,1-2H3. The van der Waals surface area contributed by atoms with E-state index in [2.05, 4.69) is 14.9 Å². The molecule has 194 valence electrons. The van der Waals surface area contributed by atoms with Crippen LogP contribution in [0.5, 0.6) is 5.19 Å². The number of aromatic nitrogens is 3. The Labute approximate surface area is 214 Å². The van der Waals surface area contributed by atoms with Crippen molar-refractivity contribution in [1.82, 2.24) is 19.3 Å². The van der Waals surface area contributed by atoms with Crippen LogP contribution in [0.2, 0.25) is 0 Å². The van der Waals surface area contributed by atoms with E-state index in [-0.39, 0.29) is 5.78 Å². The van der Waals surface area contributed by atoms with E-state index in [1.807, 2.05) is 35.9 Å². The number of fused-ring (bicyclic) bond motifs is 2. The normalized spacial score (nSPS) is 21.0. The van der Waals surface area contributed by atoms with E-state index in [1.54, 1.807) is 0 Å². The molecule has 1 aliphatic carbocycles. The van der Waals surface area contributed by atoms with Crippen LogP contribution in [0.15, 0.2) is 24.5 Å². The van der Waals surface area contributed by atoms with Crippen LogP contribution in [0.3, 0.4) is 0 Å². The molecular weight excluding hydrogens is 482 g/mol. The molecule has 4 heterocycles. The molecule has 0 radical (unpaired) electrons. The Hall–Kier alpha value is -2.39. The average molecular weight is 517 g/mol. The summed E-state index contributed by atoms with van der Waals surface area (Å²) in [5, 5.41) is 0.357. The Morgan fingerprint density at radius 2 is 2.00 bits per heavy atom. The van der Waals surface area contributed by atoms with Gasteiger partial charge in [-0.25, -0.2) is 18.7 Å². The van der Waals surface area contributed by atoms with Crippen molar-refractivity contribution in [3.8, 4) is 5.19 Å². The number of aryl methyl sites for hydroxylation is 1. The Bertz CT molecular complexity index is 1210. The fraction of sp³-hybridized carbons (Fsp3) is 0.593. The summed E-state index contributed by atoms with van der Waals surface area (Å²) in [6.45, 7) is 4.94. The third kappa shape index (κ3) is 6.11. The van der Waals surface area contributed by atoms with Crippen LogP contribution in [0.1, 0.15) is 72.1 Å². The van der Waals surface area contributed by atoms with Gasteiger partial charge >= 0.3 is 0 Å². The van der Waals surface area contributed by atoms with E-state index in [1.165, 1.54) is 24.2 Å². The van der Waals surface area contributed by atoms with Gasteiger partial charge in [0.05, 0.1) is 17.0 Å². The first-order valence-electron chi connectivity index (χ1n) is 12.9. The Morgan fingerprint density at radius 3 is 2.78 bits per heavy atom. The summed E-state index contributed by atoms with van der Waals surface area (Å²) in [4.78, 5) is 25.6. The van der Waals surface area contributed by atoms with Crippen LogP contribution >= 0.6 is 11.3 Å². The van der Waals surface area contributed by atoms with Crippen molar-refractivity contribution in [3.05, 3.63) is 46.4 Å². The maximum Gasteiger partial charge on any atom is 0.278 e. The lowest BCUT2D eigenvalue weighted by Crippen LogP contribution is -2.32. The lowest BCUT2D eigenvalue weighted by molar-refractivity contribution is -0.0230. The molecule has 36 heavy (non-hydrogen) atoms. The Morgan fingerprint density at radius 1 is 1.22 bits per heavy atom. The lowest BCUT2D eigenvalue weighted by Gasteiger charge is -2.31. The van der Waals surface area contributed by atoms with Crippen LogP contribution in [-0.4, -0.2) is 50.7 Å². The molecule has 0 bridgehead atoms. The molecule has 1 fully saturated rings. The zero-order chi connectivity index (χ0) is 25.3. The summed E-state index contributed by atoms with van der Waals surface area (Å²) in [6.07, 6.45) is 11.1. The Balaban J connectivity index is 1.06. The van der Waals surface area contributed by atoms with Gasteiger partial charge in [-0.05, 0) is 63.1 Å². The number of carbonyl (C=O) groups is 1. The number of rotatable bonds is 9. The number of carbonyl (C=O) groups excluding carboxylic acids is 1. The first-order chi connectivity index (χ1) is 17.2. The molecule has 1 saturated carbocycles. The second-order valence-corrected chi connectivity index (χ2v) is 11.6. The van der Waals surface area contributed by atoms with Crippen LogP contribution < -0.4 is 4.74 Å². The number of thiazole rings is 1. The maximum atomic E-state index is 13.1. The van der Waals surface area contributed by atoms with Crippen LogP contribution in [0.25, 0.3) is 5.65 Å². The van der Waals surface area contributed by atoms with Crippen molar-refractivity contribution in [2.45, 2.75) is 71.3 Å². The molecule has 0 saturated heterocycles. The number of nitrogens with zero attached hydrogens (tertiary/aromatic N) is 4. The predicted molar refractivity (Wildman–Crippen MR) is 136 cm³/mol. The second kappa shape index (κ2) is 10.5. The van der Waals surface area contributed by atoms with Gasteiger partial charge in [0, 0.05) is 43.7 Å². The van der Waals surface area contributed by atoms with Gasteiger partial charge in [-0.3, -0.25) is 9.69 Å². The number of ketones is 1. The van der Waals surface area contributed by atoms with Gasteiger partial charge in [0.2, 0.25) is 0 Å². The molecule has 3 aromatic heterocycles. The fourth-order valence-corrected chi connectivity index (χ4v) is 6.39. The third-order valence-corrected chi connectivity index (χ3v) is 8.50. The first kappa shape index (κ1) is 25.3. The van der Waals surface area contributed by atoms with E-state index in [4.69, 9.17) is 4.74 Å².